The van der Waals surface area contributed by atoms with Gasteiger partial charge in [-0.25, -0.2) is 4.39 Å². The molecule has 1 saturated heterocycles. The number of aromatic nitrogens is 1. The number of benzene rings is 2. The van der Waals surface area contributed by atoms with Gasteiger partial charge in [-0.3, -0.25) is 9.69 Å². The lowest BCUT2D eigenvalue weighted by Crippen LogP contribution is -2.44. The van der Waals surface area contributed by atoms with Gasteiger partial charge in [-0.1, -0.05) is 12.1 Å². The Kier molecular flexibility index (Phi) is 5.30. The van der Waals surface area contributed by atoms with Gasteiger partial charge in [0.1, 0.15) is 11.6 Å². The van der Waals surface area contributed by atoms with Gasteiger partial charge in [0.25, 0.3) is 0 Å². The molecule has 1 amide bonds. The van der Waals surface area contributed by atoms with Crippen molar-refractivity contribution in [3.05, 3.63) is 65.6 Å². The van der Waals surface area contributed by atoms with E-state index >= 15 is 0 Å². The Balaban J connectivity index is 1.29. The third-order valence-corrected chi connectivity index (χ3v) is 5.42. The highest BCUT2D eigenvalue weighted by Crippen LogP contribution is 2.24. The standard InChI is InChI=1S/C22H24FN3O2/c23-20-5-6-21-18(7-10-24-21)19(20)14-26-11-8-16(9-12-26)25-22(28)13-15-1-3-17(27)4-2-15/h1-7,10,16,24,27H,8-9,11-14H2,(H,25,28). The summed E-state index contributed by atoms with van der Waals surface area (Å²) in [5.74, 6) is 0.0204. The van der Waals surface area contributed by atoms with Crippen molar-refractivity contribution in [1.29, 1.82) is 0 Å². The fraction of sp³-hybridized carbons (Fsp3) is 0.318. The fourth-order valence-electron chi connectivity index (χ4n) is 3.87. The number of nitrogens with one attached hydrogen (secondary N) is 2. The maximum atomic E-state index is 14.3. The second-order valence-corrected chi connectivity index (χ2v) is 7.43. The van der Waals surface area contributed by atoms with Crippen LogP contribution in [0.3, 0.4) is 0 Å². The van der Waals surface area contributed by atoms with E-state index in [4.69, 9.17) is 0 Å². The first-order valence-electron chi connectivity index (χ1n) is 9.62. The number of fused-ring (bicyclic) bond motifs is 1. The minimum absolute atomic E-state index is 0.00715. The Morgan fingerprint density at radius 1 is 1.14 bits per heavy atom. The van der Waals surface area contributed by atoms with Crippen molar-refractivity contribution in [2.24, 2.45) is 0 Å². The van der Waals surface area contributed by atoms with Gasteiger partial charge in [0, 0.05) is 48.3 Å². The summed E-state index contributed by atoms with van der Waals surface area (Å²) in [7, 11) is 0. The average Bonchev–Trinajstić information content (AvgIpc) is 3.16. The van der Waals surface area contributed by atoms with Crippen LogP contribution >= 0.6 is 0 Å². The Morgan fingerprint density at radius 2 is 1.89 bits per heavy atom. The van der Waals surface area contributed by atoms with E-state index in [9.17, 15) is 14.3 Å². The average molecular weight is 381 g/mol. The number of halogens is 1. The molecule has 146 valence electrons. The molecule has 6 heteroatoms. The Morgan fingerprint density at radius 3 is 2.64 bits per heavy atom. The number of nitrogens with zero attached hydrogens (tertiary/aromatic N) is 1. The predicted octanol–water partition coefficient (Wildman–Crippen LogP) is 3.34. The van der Waals surface area contributed by atoms with Gasteiger partial charge in [0.05, 0.1) is 6.42 Å². The van der Waals surface area contributed by atoms with Gasteiger partial charge in [-0.2, -0.15) is 0 Å². The molecule has 4 rings (SSSR count). The van der Waals surface area contributed by atoms with Crippen LogP contribution in [0.2, 0.25) is 0 Å². The first-order chi connectivity index (χ1) is 13.6. The van der Waals surface area contributed by atoms with E-state index in [1.165, 1.54) is 6.07 Å². The summed E-state index contributed by atoms with van der Waals surface area (Å²) >= 11 is 0. The van der Waals surface area contributed by atoms with Gasteiger partial charge >= 0.3 is 0 Å². The number of carbonyl (C=O) groups is 1. The zero-order valence-corrected chi connectivity index (χ0v) is 15.6. The summed E-state index contributed by atoms with van der Waals surface area (Å²) in [5, 5.41) is 13.3. The third-order valence-electron chi connectivity index (χ3n) is 5.42. The van der Waals surface area contributed by atoms with Gasteiger partial charge in [0.2, 0.25) is 5.91 Å². The van der Waals surface area contributed by atoms with E-state index in [-0.39, 0.29) is 23.5 Å². The van der Waals surface area contributed by atoms with Gasteiger partial charge in [-0.05, 0) is 48.7 Å². The number of amides is 1. The summed E-state index contributed by atoms with van der Waals surface area (Å²) in [6, 6.07) is 12.0. The van der Waals surface area contributed by atoms with Crippen molar-refractivity contribution in [2.45, 2.75) is 31.8 Å². The highest BCUT2D eigenvalue weighted by atomic mass is 19.1. The lowest BCUT2D eigenvalue weighted by atomic mass is 10.0. The van der Waals surface area contributed by atoms with Gasteiger partial charge in [-0.15, -0.1) is 0 Å². The molecule has 3 N–H and O–H groups in total. The van der Waals surface area contributed by atoms with E-state index in [2.05, 4.69) is 15.2 Å². The predicted molar refractivity (Wildman–Crippen MR) is 107 cm³/mol. The van der Waals surface area contributed by atoms with E-state index in [1.54, 1.807) is 30.3 Å². The first kappa shape index (κ1) is 18.5. The number of carbonyl (C=O) groups excluding carboxylic acids is 1. The summed E-state index contributed by atoms with van der Waals surface area (Å²) in [6.07, 6.45) is 3.85. The van der Waals surface area contributed by atoms with Gasteiger partial charge in [0.15, 0.2) is 0 Å². The van der Waals surface area contributed by atoms with E-state index < -0.39 is 0 Å². The van der Waals surface area contributed by atoms with Crippen LogP contribution in [0.4, 0.5) is 4.39 Å². The highest BCUT2D eigenvalue weighted by Gasteiger charge is 2.22. The zero-order valence-electron chi connectivity index (χ0n) is 15.6. The van der Waals surface area contributed by atoms with Crippen molar-refractivity contribution >= 4 is 16.8 Å². The Labute approximate surface area is 163 Å². The molecule has 0 spiro atoms. The smallest absolute Gasteiger partial charge is 0.224 e. The van der Waals surface area contributed by atoms with Gasteiger partial charge < -0.3 is 15.4 Å². The van der Waals surface area contributed by atoms with E-state index in [0.29, 0.717) is 13.0 Å². The lowest BCUT2D eigenvalue weighted by molar-refractivity contribution is -0.121. The number of aromatic hydroxyl groups is 1. The van der Waals surface area contributed by atoms with Crippen LogP contribution in [0.15, 0.2) is 48.7 Å². The molecule has 5 nitrogen and oxygen atoms in total. The number of H-pyrrole nitrogens is 1. The van der Waals surface area contributed by atoms with Crippen molar-refractivity contribution in [3.8, 4) is 5.75 Å². The molecule has 1 fully saturated rings. The molecule has 1 aromatic heterocycles. The molecule has 2 heterocycles. The number of phenols is 1. The molecule has 28 heavy (non-hydrogen) atoms. The van der Waals surface area contributed by atoms with Crippen molar-refractivity contribution in [1.82, 2.24) is 15.2 Å². The molecule has 0 saturated carbocycles. The molecular weight excluding hydrogens is 357 g/mol. The molecule has 0 aliphatic carbocycles. The van der Waals surface area contributed by atoms with Crippen molar-refractivity contribution in [3.63, 3.8) is 0 Å². The topological polar surface area (TPSA) is 68.4 Å². The number of rotatable bonds is 5. The van der Waals surface area contributed by atoms with Crippen LogP contribution in [0.5, 0.6) is 5.75 Å². The number of aromatic amines is 1. The van der Waals surface area contributed by atoms with Crippen LogP contribution < -0.4 is 5.32 Å². The van der Waals surface area contributed by atoms with E-state index in [1.807, 2.05) is 12.3 Å². The second kappa shape index (κ2) is 8.02. The zero-order chi connectivity index (χ0) is 19.5. The molecule has 0 atom stereocenters. The summed E-state index contributed by atoms with van der Waals surface area (Å²) < 4.78 is 14.3. The summed E-state index contributed by atoms with van der Waals surface area (Å²) in [6.45, 7) is 2.23. The number of piperidine rings is 1. The van der Waals surface area contributed by atoms with Crippen LogP contribution in [0.1, 0.15) is 24.0 Å². The molecular formula is C22H24FN3O2. The fourth-order valence-corrected chi connectivity index (χ4v) is 3.87. The molecule has 0 bridgehead atoms. The SMILES string of the molecule is O=C(Cc1ccc(O)cc1)NC1CCN(Cc2c(F)ccc3[nH]ccc23)CC1. The maximum absolute atomic E-state index is 14.3. The molecule has 0 radical (unpaired) electrons. The summed E-state index contributed by atoms with van der Waals surface area (Å²) in [4.78, 5) is 17.6. The normalized spacial score (nSPS) is 15.8. The summed E-state index contributed by atoms with van der Waals surface area (Å²) in [5.41, 5.74) is 2.56. The largest absolute Gasteiger partial charge is 0.508 e. The van der Waals surface area contributed by atoms with E-state index in [0.717, 1.165) is 48.0 Å². The molecule has 1 aliphatic heterocycles. The van der Waals surface area contributed by atoms with Crippen LogP contribution in [0, 0.1) is 5.82 Å². The lowest BCUT2D eigenvalue weighted by Gasteiger charge is -2.32. The third kappa shape index (κ3) is 4.17. The number of hydrogen-bond donors (Lipinski definition) is 3. The van der Waals surface area contributed by atoms with Crippen LogP contribution in [-0.2, 0) is 17.8 Å². The first-order valence-corrected chi connectivity index (χ1v) is 9.62. The molecule has 3 aromatic rings. The molecule has 2 aromatic carbocycles. The number of likely N-dealkylation sites (tertiary alicyclic amines) is 1. The monoisotopic (exact) mass is 381 g/mol. The molecule has 1 aliphatic rings. The van der Waals surface area contributed by atoms with Crippen molar-refractivity contribution in [2.75, 3.05) is 13.1 Å². The van der Waals surface area contributed by atoms with Crippen LogP contribution in [0.25, 0.3) is 10.9 Å². The quantitative estimate of drug-likeness (QED) is 0.635. The Hall–Kier alpha value is -2.86. The van der Waals surface area contributed by atoms with Crippen molar-refractivity contribution < 1.29 is 14.3 Å². The minimum atomic E-state index is -0.170. The highest BCUT2D eigenvalue weighted by molar-refractivity contribution is 5.83. The number of phenolic OH excluding ortho intramolecular Hbond substituents is 1. The number of hydrogen-bond acceptors (Lipinski definition) is 3. The molecule has 0 unspecified atom stereocenters. The van der Waals surface area contributed by atoms with Crippen LogP contribution in [-0.4, -0.2) is 40.0 Å². The second-order valence-electron chi connectivity index (χ2n) is 7.43. The maximum Gasteiger partial charge on any atom is 0.224 e. The minimum Gasteiger partial charge on any atom is -0.508 e. The Bertz CT molecular complexity index is 960.